The molecule has 0 aromatic rings. The fourth-order valence-electron chi connectivity index (χ4n) is 4.15. The lowest BCUT2D eigenvalue weighted by molar-refractivity contribution is -1.92. The maximum atomic E-state index is 8.60. The van der Waals surface area contributed by atoms with E-state index in [0.29, 0.717) is 0 Å². The Morgan fingerprint density at radius 3 is 0.935 bits per heavy atom. The highest BCUT2D eigenvalue weighted by Gasteiger charge is 2.23. The molecule has 0 spiro atoms. The summed E-state index contributed by atoms with van der Waals surface area (Å²) in [6.07, 6.45) is 28.8. The average molecular weight is 468 g/mol. The number of unbranched alkanes of at least 4 members (excludes halogenated alkanes) is 15. The van der Waals surface area contributed by atoms with E-state index in [0.717, 1.165) is 0 Å². The number of hydrogen-bond acceptors (Lipinski definition) is 5. The molecule has 0 saturated heterocycles. The summed E-state index contributed by atoms with van der Waals surface area (Å²) >= 11 is 0. The van der Waals surface area contributed by atoms with Crippen LogP contribution in [0.5, 0.6) is 0 Å². The molecule has 0 aliphatic rings. The number of halogens is 1. The van der Waals surface area contributed by atoms with Crippen LogP contribution < -0.4 is 19.7 Å². The van der Waals surface area contributed by atoms with E-state index in [4.69, 9.17) is 24.4 Å². The lowest BCUT2D eigenvalue weighted by Gasteiger charge is -2.30. The minimum atomic E-state index is -4.69. The highest BCUT2D eigenvalue weighted by Crippen LogP contribution is 2.27. The van der Waals surface area contributed by atoms with Crippen molar-refractivity contribution in [3.8, 4) is 0 Å². The Morgan fingerprint density at radius 2 is 0.710 bits per heavy atom. The summed E-state index contributed by atoms with van der Waals surface area (Å²) < 4.78 is 32.7. The summed E-state index contributed by atoms with van der Waals surface area (Å²) in [5, 5.41) is 0. The van der Waals surface area contributed by atoms with Gasteiger partial charge in [0, 0.05) is 5.54 Å². The second-order valence-corrected chi connectivity index (χ2v) is 10.1. The first kappa shape index (κ1) is 33.3. The molecule has 0 atom stereocenters. The molecule has 0 bridgehead atoms. The molecule has 0 aliphatic heterocycles. The normalized spacial score (nSPS) is 12.0. The third-order valence-electron chi connectivity index (χ3n) is 6.08. The largest absolute Gasteiger partial charge is 0.325 e. The van der Waals surface area contributed by atoms with Crippen molar-refractivity contribution in [3.63, 3.8) is 0 Å². The lowest BCUT2D eigenvalue weighted by Crippen LogP contribution is -2.58. The summed E-state index contributed by atoms with van der Waals surface area (Å²) in [4.78, 5) is 0. The maximum absolute atomic E-state index is 8.60. The molecular weight excluding hydrogens is 414 g/mol. The molecule has 0 rings (SSSR count). The monoisotopic (exact) mass is 467 g/mol. The summed E-state index contributed by atoms with van der Waals surface area (Å²) in [5.41, 5.74) is 7.06. The lowest BCUT2D eigenvalue weighted by atomic mass is 9.82. The van der Waals surface area contributed by atoms with Gasteiger partial charge in [0.25, 0.3) is 0 Å². The van der Waals surface area contributed by atoms with Crippen molar-refractivity contribution in [1.82, 2.24) is 0 Å². The second kappa shape index (κ2) is 23.3. The molecule has 0 aromatic heterocycles. The molecule has 0 heterocycles. The van der Waals surface area contributed by atoms with E-state index in [-0.39, 0.29) is 5.54 Å². The molecule has 3 N–H and O–H groups in total. The van der Waals surface area contributed by atoms with E-state index < -0.39 is 10.2 Å². The highest BCUT2D eigenvalue weighted by atomic mass is 35.7. The van der Waals surface area contributed by atoms with Crippen molar-refractivity contribution in [1.29, 1.82) is 0 Å². The molecule has 0 unspecified atom stereocenters. The number of hydrogen-bond donors (Lipinski definition) is 2. The van der Waals surface area contributed by atoms with Crippen LogP contribution in [0.4, 0.5) is 0 Å². The van der Waals surface area contributed by atoms with E-state index in [2.05, 4.69) is 20.8 Å². The molecule has 0 saturated carbocycles. The molecule has 0 aromatic carbocycles. The Balaban J connectivity index is 0. The third-order valence-corrected chi connectivity index (χ3v) is 6.08. The molecule has 0 fully saturated rings. The van der Waals surface area contributed by atoms with Gasteiger partial charge in [-0.15, -0.1) is 0 Å². The van der Waals surface area contributed by atoms with Gasteiger partial charge in [-0.05, 0) is 19.3 Å². The predicted molar refractivity (Wildman–Crippen MR) is 123 cm³/mol. The first-order chi connectivity index (χ1) is 14.7. The van der Waals surface area contributed by atoms with Gasteiger partial charge in [0.15, 0.2) is 0 Å². The summed E-state index contributed by atoms with van der Waals surface area (Å²) in [5.74, 6) is 0. The predicted octanol–water partition coefficient (Wildman–Crippen LogP) is 4.81. The van der Waals surface area contributed by atoms with Crippen molar-refractivity contribution in [2.24, 2.45) is 5.73 Å². The van der Waals surface area contributed by atoms with Crippen molar-refractivity contribution in [2.75, 3.05) is 0 Å². The molecule has 190 valence electrons. The van der Waals surface area contributed by atoms with Crippen LogP contribution in [0.1, 0.15) is 156 Å². The van der Waals surface area contributed by atoms with Crippen LogP contribution in [-0.2, 0) is 0 Å². The van der Waals surface area contributed by atoms with E-state index in [9.17, 15) is 0 Å². The Morgan fingerprint density at radius 1 is 0.516 bits per heavy atom. The minimum absolute atomic E-state index is 0.139. The van der Waals surface area contributed by atoms with Crippen molar-refractivity contribution in [2.45, 2.75) is 161 Å². The average Bonchev–Trinajstić information content (AvgIpc) is 2.69. The highest BCUT2D eigenvalue weighted by molar-refractivity contribution is 4.84. The zero-order chi connectivity index (χ0) is 23.8. The van der Waals surface area contributed by atoms with Crippen molar-refractivity contribution >= 4 is 0 Å². The fourth-order valence-corrected chi connectivity index (χ4v) is 4.15. The maximum Gasteiger partial charge on any atom is 0.0777 e. The molecule has 31 heavy (non-hydrogen) atoms. The topological polar surface area (TPSA) is 115 Å². The summed E-state index contributed by atoms with van der Waals surface area (Å²) in [6.45, 7) is 6.89. The van der Waals surface area contributed by atoms with Gasteiger partial charge >= 0.3 is 0 Å². The third kappa shape index (κ3) is 32.4. The van der Waals surface area contributed by atoms with Gasteiger partial charge in [0.2, 0.25) is 0 Å². The van der Waals surface area contributed by atoms with E-state index in [1.165, 1.54) is 135 Å². The molecule has 0 radical (unpaired) electrons. The Kier molecular flexibility index (Phi) is 25.0. The molecule has 5 nitrogen and oxygen atoms in total. The SMILES string of the molecule is CCCCCCCCC(N)(CCCCCCCC)CCCCCCCC.[O-][Cl+3]([O-])([O-])O. The molecular formula is C25H54ClNO4. The van der Waals surface area contributed by atoms with Crippen molar-refractivity contribution < 1.29 is 28.9 Å². The van der Waals surface area contributed by atoms with Crippen LogP contribution in [0.25, 0.3) is 0 Å². The standard InChI is InChI=1S/C25H53N.ClHO4/c1-4-7-10-13-16-19-22-25(26,23-20-17-14-11-8-5-2)24-21-18-15-12-9-6-3;2-1(3,4)5/h4-24,26H2,1-3H3;(H,2,3,4,5). The minimum Gasteiger partial charge on any atom is -0.325 e. The molecule has 6 heteroatoms. The number of rotatable bonds is 21. The molecule has 0 aliphatic carbocycles. The van der Waals surface area contributed by atoms with E-state index >= 15 is 0 Å². The van der Waals surface area contributed by atoms with Gasteiger partial charge in [0.1, 0.15) is 0 Å². The van der Waals surface area contributed by atoms with Crippen LogP contribution in [0.3, 0.4) is 0 Å². The smallest absolute Gasteiger partial charge is 0.0777 e. The molecule has 0 amide bonds. The van der Waals surface area contributed by atoms with Gasteiger partial charge in [0.05, 0.1) is 14.9 Å². The van der Waals surface area contributed by atoms with Gasteiger partial charge in [-0.1, -0.05) is 136 Å². The van der Waals surface area contributed by atoms with Gasteiger partial charge in [-0.25, -0.2) is 0 Å². The van der Waals surface area contributed by atoms with Crippen LogP contribution in [0.15, 0.2) is 0 Å². The summed E-state index contributed by atoms with van der Waals surface area (Å²) in [7, 11) is -4.69. The Labute approximate surface area is 195 Å². The van der Waals surface area contributed by atoms with Crippen LogP contribution >= 0.6 is 0 Å². The zero-order valence-corrected chi connectivity index (χ0v) is 21.7. The van der Waals surface area contributed by atoms with Crippen LogP contribution in [0, 0.1) is 10.2 Å². The van der Waals surface area contributed by atoms with Gasteiger partial charge in [-0.2, -0.15) is 14.0 Å². The fraction of sp³-hybridized carbons (Fsp3) is 1.00. The van der Waals surface area contributed by atoms with Crippen molar-refractivity contribution in [3.05, 3.63) is 0 Å². The Bertz CT molecular complexity index is 304. The number of nitrogens with two attached hydrogens (primary N) is 1. The van der Waals surface area contributed by atoms with Crippen LogP contribution in [-0.4, -0.2) is 10.2 Å². The van der Waals surface area contributed by atoms with E-state index in [1.54, 1.807) is 0 Å². The van der Waals surface area contributed by atoms with Crippen LogP contribution in [0.2, 0.25) is 0 Å². The van der Waals surface area contributed by atoms with Gasteiger partial charge in [-0.3, -0.25) is 0 Å². The zero-order valence-electron chi connectivity index (χ0n) is 21.0. The summed E-state index contributed by atoms with van der Waals surface area (Å²) in [6, 6.07) is 0. The first-order valence-corrected chi connectivity index (χ1v) is 14.4. The van der Waals surface area contributed by atoms with E-state index in [1.807, 2.05) is 0 Å². The van der Waals surface area contributed by atoms with Gasteiger partial charge < -0.3 is 5.73 Å². The quantitative estimate of drug-likeness (QED) is 0.235. The second-order valence-electron chi connectivity index (χ2n) is 9.31. The Hall–Kier alpha value is 0.0900. The first-order valence-electron chi connectivity index (χ1n) is 13.1.